The molecule has 4 heteroatoms. The van der Waals surface area contributed by atoms with Crippen LogP contribution in [-0.4, -0.2) is 11.3 Å². The average molecular weight is 214 g/mol. The molecule has 72 valence electrons. The fourth-order valence-electron chi connectivity index (χ4n) is 1.16. The van der Waals surface area contributed by atoms with E-state index in [0.717, 1.165) is 16.9 Å². The Balaban J connectivity index is 2.37. The van der Waals surface area contributed by atoms with Crippen molar-refractivity contribution in [3.8, 4) is 16.6 Å². The molecule has 0 saturated carbocycles. The van der Waals surface area contributed by atoms with Gasteiger partial charge in [0.05, 0.1) is 16.5 Å². The maximum Gasteiger partial charge on any atom is 0.161 e. The zero-order valence-electron chi connectivity index (χ0n) is 7.68. The summed E-state index contributed by atoms with van der Waals surface area (Å²) in [6.45, 7) is 0. The van der Waals surface area contributed by atoms with Crippen LogP contribution >= 0.6 is 11.3 Å². The van der Waals surface area contributed by atoms with Gasteiger partial charge in [-0.1, -0.05) is 12.1 Å². The van der Waals surface area contributed by atoms with Gasteiger partial charge in [-0.05, 0) is 12.1 Å². The largest absolute Gasteiger partial charge is 0.297 e. The minimum atomic E-state index is 0.606. The summed E-state index contributed by atoms with van der Waals surface area (Å²) in [5.41, 5.74) is 1.54. The molecule has 0 unspecified atom stereocenters. The minimum absolute atomic E-state index is 0.606. The summed E-state index contributed by atoms with van der Waals surface area (Å²) in [5.74, 6) is 0. The first-order valence-electron chi connectivity index (χ1n) is 4.25. The molecular weight excluding hydrogens is 208 g/mol. The van der Waals surface area contributed by atoms with Gasteiger partial charge in [0.15, 0.2) is 6.29 Å². The monoisotopic (exact) mass is 214 g/mol. The third kappa shape index (κ3) is 1.92. The van der Waals surface area contributed by atoms with Crippen molar-refractivity contribution in [1.82, 2.24) is 4.98 Å². The first-order valence-corrected chi connectivity index (χ1v) is 5.06. The fraction of sp³-hybridized carbons (Fsp3) is 0. The number of benzene rings is 1. The van der Waals surface area contributed by atoms with Crippen molar-refractivity contribution < 1.29 is 4.79 Å². The molecule has 0 aliphatic rings. The zero-order valence-corrected chi connectivity index (χ0v) is 8.49. The molecule has 0 aliphatic heterocycles. The molecule has 0 saturated heterocycles. The Bertz CT molecular complexity index is 522. The Morgan fingerprint density at radius 1 is 1.33 bits per heavy atom. The lowest BCUT2D eigenvalue weighted by Crippen LogP contribution is -1.76. The molecule has 0 fully saturated rings. The van der Waals surface area contributed by atoms with Crippen molar-refractivity contribution in [2.75, 3.05) is 0 Å². The number of rotatable bonds is 2. The van der Waals surface area contributed by atoms with Crippen molar-refractivity contribution in [2.24, 2.45) is 0 Å². The van der Waals surface area contributed by atoms with E-state index < -0.39 is 0 Å². The van der Waals surface area contributed by atoms with Crippen LogP contribution in [0.2, 0.25) is 0 Å². The molecule has 0 spiro atoms. The van der Waals surface area contributed by atoms with E-state index in [2.05, 4.69) is 4.98 Å². The number of nitriles is 1. The Kier molecular flexibility index (Phi) is 2.57. The van der Waals surface area contributed by atoms with E-state index in [1.807, 2.05) is 18.2 Å². The smallest absolute Gasteiger partial charge is 0.161 e. The summed E-state index contributed by atoms with van der Waals surface area (Å²) in [5, 5.41) is 9.43. The van der Waals surface area contributed by atoms with Crippen molar-refractivity contribution in [3.63, 3.8) is 0 Å². The van der Waals surface area contributed by atoms with Crippen molar-refractivity contribution in [1.29, 1.82) is 5.26 Å². The highest BCUT2D eigenvalue weighted by atomic mass is 32.1. The molecule has 1 aromatic carbocycles. The number of nitrogens with zero attached hydrogens (tertiary/aromatic N) is 2. The standard InChI is InChI=1S/C11H6N2OS/c12-5-8-1-3-9(4-2-8)11-13-6-10(7-14)15-11/h1-4,6-7H. The average Bonchev–Trinajstić information content (AvgIpc) is 2.78. The highest BCUT2D eigenvalue weighted by Crippen LogP contribution is 2.24. The van der Waals surface area contributed by atoms with Gasteiger partial charge < -0.3 is 0 Å². The third-order valence-electron chi connectivity index (χ3n) is 1.90. The Hall–Kier alpha value is -1.99. The zero-order chi connectivity index (χ0) is 10.7. The lowest BCUT2D eigenvalue weighted by atomic mass is 10.1. The number of carbonyl (C=O) groups is 1. The molecule has 1 aromatic heterocycles. The summed E-state index contributed by atoms with van der Waals surface area (Å²) in [6, 6.07) is 9.17. The second-order valence-electron chi connectivity index (χ2n) is 2.87. The number of hydrogen-bond acceptors (Lipinski definition) is 4. The molecule has 1 heterocycles. The quantitative estimate of drug-likeness (QED) is 0.722. The van der Waals surface area contributed by atoms with Crippen LogP contribution in [0.25, 0.3) is 10.6 Å². The number of aromatic nitrogens is 1. The van der Waals surface area contributed by atoms with Gasteiger partial charge in [0.2, 0.25) is 0 Å². The molecular formula is C11H6N2OS. The SMILES string of the molecule is N#Cc1ccc(-c2ncc(C=O)s2)cc1. The Morgan fingerprint density at radius 2 is 2.07 bits per heavy atom. The predicted octanol–water partition coefficient (Wildman–Crippen LogP) is 2.49. The second-order valence-corrected chi connectivity index (χ2v) is 3.94. The summed E-state index contributed by atoms with van der Waals surface area (Å²) in [4.78, 5) is 15.2. The Morgan fingerprint density at radius 3 is 2.60 bits per heavy atom. The van der Waals surface area contributed by atoms with Crippen molar-refractivity contribution in [2.45, 2.75) is 0 Å². The molecule has 2 rings (SSSR count). The van der Waals surface area contributed by atoms with E-state index in [9.17, 15) is 4.79 Å². The van der Waals surface area contributed by atoms with Crippen molar-refractivity contribution >= 4 is 17.6 Å². The lowest BCUT2D eigenvalue weighted by molar-refractivity contribution is 0.112. The summed E-state index contributed by atoms with van der Waals surface area (Å²) < 4.78 is 0. The third-order valence-corrected chi connectivity index (χ3v) is 2.87. The maximum atomic E-state index is 10.5. The molecule has 0 atom stereocenters. The van der Waals surface area contributed by atoms with Crippen LogP contribution in [0.3, 0.4) is 0 Å². The van der Waals surface area contributed by atoms with Gasteiger partial charge in [0, 0.05) is 11.8 Å². The predicted molar refractivity (Wildman–Crippen MR) is 57.7 cm³/mol. The molecule has 0 amide bonds. The van der Waals surface area contributed by atoms with Gasteiger partial charge in [-0.2, -0.15) is 5.26 Å². The highest BCUT2D eigenvalue weighted by Gasteiger charge is 2.03. The van der Waals surface area contributed by atoms with Crippen LogP contribution in [-0.2, 0) is 0 Å². The first kappa shape index (κ1) is 9.56. The normalized spacial score (nSPS) is 9.53. The molecule has 0 aliphatic carbocycles. The van der Waals surface area contributed by atoms with Crippen LogP contribution in [0, 0.1) is 11.3 Å². The van der Waals surface area contributed by atoms with Crippen LogP contribution in [0.15, 0.2) is 30.5 Å². The van der Waals surface area contributed by atoms with E-state index in [4.69, 9.17) is 5.26 Å². The molecule has 0 N–H and O–H groups in total. The van der Waals surface area contributed by atoms with Gasteiger partial charge in [-0.25, -0.2) is 4.98 Å². The first-order chi connectivity index (χ1) is 7.33. The number of thiazole rings is 1. The number of carbonyl (C=O) groups excluding carboxylic acids is 1. The molecule has 15 heavy (non-hydrogen) atoms. The topological polar surface area (TPSA) is 53.8 Å². The van der Waals surface area contributed by atoms with Gasteiger partial charge in [-0.15, -0.1) is 11.3 Å². The van der Waals surface area contributed by atoms with Crippen LogP contribution in [0.4, 0.5) is 0 Å². The minimum Gasteiger partial charge on any atom is -0.297 e. The van der Waals surface area contributed by atoms with E-state index in [1.165, 1.54) is 11.3 Å². The Labute approximate surface area is 90.6 Å². The summed E-state index contributed by atoms with van der Waals surface area (Å²) in [6.07, 6.45) is 2.33. The van der Waals surface area contributed by atoms with E-state index in [0.29, 0.717) is 10.4 Å². The van der Waals surface area contributed by atoms with Crippen LogP contribution in [0.5, 0.6) is 0 Å². The van der Waals surface area contributed by atoms with Gasteiger partial charge in [-0.3, -0.25) is 4.79 Å². The number of hydrogen-bond donors (Lipinski definition) is 0. The fourth-order valence-corrected chi connectivity index (χ4v) is 1.90. The summed E-state index contributed by atoms with van der Waals surface area (Å²) >= 11 is 1.34. The van der Waals surface area contributed by atoms with E-state index >= 15 is 0 Å². The van der Waals surface area contributed by atoms with Crippen LogP contribution in [0.1, 0.15) is 15.2 Å². The van der Waals surface area contributed by atoms with Gasteiger partial charge in [0.25, 0.3) is 0 Å². The van der Waals surface area contributed by atoms with E-state index in [-0.39, 0.29) is 0 Å². The van der Waals surface area contributed by atoms with Gasteiger partial charge >= 0.3 is 0 Å². The number of aldehydes is 1. The molecule has 3 nitrogen and oxygen atoms in total. The summed E-state index contributed by atoms with van der Waals surface area (Å²) in [7, 11) is 0. The van der Waals surface area contributed by atoms with Crippen LogP contribution < -0.4 is 0 Å². The van der Waals surface area contributed by atoms with Gasteiger partial charge in [0.1, 0.15) is 5.01 Å². The molecule has 0 radical (unpaired) electrons. The highest BCUT2D eigenvalue weighted by molar-refractivity contribution is 7.16. The lowest BCUT2D eigenvalue weighted by Gasteiger charge is -1.94. The molecule has 0 bridgehead atoms. The molecule has 2 aromatic rings. The van der Waals surface area contributed by atoms with E-state index in [1.54, 1.807) is 18.3 Å². The van der Waals surface area contributed by atoms with Crippen molar-refractivity contribution in [3.05, 3.63) is 40.9 Å². The second kappa shape index (κ2) is 4.03. The maximum absolute atomic E-state index is 10.5.